The van der Waals surface area contributed by atoms with Crippen molar-refractivity contribution in [3.8, 4) is 33.3 Å². The van der Waals surface area contributed by atoms with Crippen LogP contribution in [0.2, 0.25) is 0 Å². The number of methoxy groups -OCH3 is 1. The fourth-order valence-electron chi connectivity index (χ4n) is 5.53. The normalized spacial score (nSPS) is 15.0. The highest BCUT2D eigenvalue weighted by atomic mass is 32.1. The van der Waals surface area contributed by atoms with Crippen LogP contribution in [0.15, 0.2) is 90.4 Å². The van der Waals surface area contributed by atoms with Gasteiger partial charge in [-0.3, -0.25) is 9.59 Å². The number of carbonyl (C=O) groups is 2. The standard InChI is InChI=1S/C34H33N5O3S/c1-4-31-29(20-35-39(31)34-36-30(22-43-34)26-14-16-28(42-3)17-15-26)33(41)37-18-19-38(23(2)21-37)32(40)27-12-10-25(11-13-27)24-8-6-5-7-9-24/h5-17,20,22-23H,4,18-19,21H2,1-3H3. The van der Waals surface area contributed by atoms with Gasteiger partial charge in [-0.2, -0.15) is 5.10 Å². The van der Waals surface area contributed by atoms with Gasteiger partial charge in [0.15, 0.2) is 0 Å². The molecular formula is C34H33N5O3S. The quantitative estimate of drug-likeness (QED) is 0.225. The molecule has 1 fully saturated rings. The molecule has 1 aliphatic heterocycles. The number of carbonyl (C=O) groups excluding carboxylic acids is 2. The Morgan fingerprint density at radius 3 is 2.28 bits per heavy atom. The van der Waals surface area contributed by atoms with E-state index in [1.54, 1.807) is 18.0 Å². The largest absolute Gasteiger partial charge is 0.497 e. The highest BCUT2D eigenvalue weighted by Gasteiger charge is 2.32. The topological polar surface area (TPSA) is 80.6 Å². The summed E-state index contributed by atoms with van der Waals surface area (Å²) in [4.78, 5) is 35.6. The van der Waals surface area contributed by atoms with Gasteiger partial charge in [0.05, 0.1) is 30.3 Å². The first-order valence-corrected chi connectivity index (χ1v) is 15.3. The molecule has 218 valence electrons. The van der Waals surface area contributed by atoms with Crippen LogP contribution in [-0.2, 0) is 6.42 Å². The third-order valence-corrected chi connectivity index (χ3v) is 8.72. The highest BCUT2D eigenvalue weighted by Crippen LogP contribution is 2.28. The van der Waals surface area contributed by atoms with Crippen LogP contribution >= 0.6 is 11.3 Å². The van der Waals surface area contributed by atoms with Gasteiger partial charge in [0.2, 0.25) is 5.13 Å². The number of thiazole rings is 1. The van der Waals surface area contributed by atoms with Crippen molar-refractivity contribution < 1.29 is 14.3 Å². The summed E-state index contributed by atoms with van der Waals surface area (Å²) in [5.74, 6) is 0.707. The summed E-state index contributed by atoms with van der Waals surface area (Å²) >= 11 is 1.49. The van der Waals surface area contributed by atoms with Gasteiger partial charge in [-0.1, -0.05) is 49.4 Å². The van der Waals surface area contributed by atoms with E-state index in [9.17, 15) is 9.59 Å². The number of hydrogen-bond acceptors (Lipinski definition) is 6. The van der Waals surface area contributed by atoms with E-state index in [-0.39, 0.29) is 17.9 Å². The second-order valence-corrected chi connectivity index (χ2v) is 11.4. The third-order valence-electron chi connectivity index (χ3n) is 7.91. The van der Waals surface area contributed by atoms with Gasteiger partial charge in [0, 0.05) is 42.2 Å². The molecule has 3 heterocycles. The van der Waals surface area contributed by atoms with Crippen LogP contribution < -0.4 is 4.74 Å². The maximum atomic E-state index is 13.7. The third kappa shape index (κ3) is 5.68. The summed E-state index contributed by atoms with van der Waals surface area (Å²) in [5, 5.41) is 7.28. The van der Waals surface area contributed by atoms with Crippen molar-refractivity contribution in [3.05, 3.63) is 107 Å². The van der Waals surface area contributed by atoms with Crippen LogP contribution in [0.4, 0.5) is 0 Å². The van der Waals surface area contributed by atoms with Gasteiger partial charge in [0.25, 0.3) is 11.8 Å². The van der Waals surface area contributed by atoms with Crippen LogP contribution in [-0.4, -0.2) is 69.2 Å². The Balaban J connectivity index is 1.14. The zero-order chi connectivity index (χ0) is 29.9. The Morgan fingerprint density at radius 1 is 0.907 bits per heavy atom. The predicted octanol–water partition coefficient (Wildman–Crippen LogP) is 6.22. The highest BCUT2D eigenvalue weighted by molar-refractivity contribution is 7.12. The van der Waals surface area contributed by atoms with Crippen LogP contribution in [0, 0.1) is 0 Å². The molecule has 0 bridgehead atoms. The lowest BCUT2D eigenvalue weighted by molar-refractivity contribution is 0.0414. The molecule has 3 aromatic carbocycles. The SMILES string of the molecule is CCc1c(C(=O)N2CCN(C(=O)c3ccc(-c4ccccc4)cc3)C(C)C2)cnn1-c1nc(-c2ccc(OC)cc2)cs1. The van der Waals surface area contributed by atoms with Crippen LogP contribution in [0.5, 0.6) is 5.75 Å². The molecule has 0 radical (unpaired) electrons. The fraction of sp³-hybridized carbons (Fsp3) is 0.235. The molecule has 5 aromatic rings. The summed E-state index contributed by atoms with van der Waals surface area (Å²) < 4.78 is 7.03. The first-order valence-electron chi connectivity index (χ1n) is 14.4. The number of rotatable bonds is 7. The van der Waals surface area contributed by atoms with E-state index in [2.05, 4.69) is 17.2 Å². The molecule has 0 spiro atoms. The molecule has 1 saturated heterocycles. The molecule has 8 nitrogen and oxygen atoms in total. The maximum absolute atomic E-state index is 13.7. The Labute approximate surface area is 255 Å². The summed E-state index contributed by atoms with van der Waals surface area (Å²) in [6.07, 6.45) is 2.28. The van der Waals surface area contributed by atoms with Crippen LogP contribution in [0.25, 0.3) is 27.5 Å². The molecule has 0 saturated carbocycles. The van der Waals surface area contributed by atoms with Crippen molar-refractivity contribution in [3.63, 3.8) is 0 Å². The summed E-state index contributed by atoms with van der Waals surface area (Å²) in [6, 6.07) is 25.5. The summed E-state index contributed by atoms with van der Waals surface area (Å²) in [5.41, 5.74) is 6.07. The average molecular weight is 592 g/mol. The van der Waals surface area contributed by atoms with E-state index in [0.717, 1.165) is 33.8 Å². The number of ether oxygens (including phenoxy) is 1. The van der Waals surface area contributed by atoms with Gasteiger partial charge < -0.3 is 14.5 Å². The zero-order valence-electron chi connectivity index (χ0n) is 24.4. The second-order valence-electron chi connectivity index (χ2n) is 10.6. The van der Waals surface area contributed by atoms with Gasteiger partial charge in [-0.25, -0.2) is 9.67 Å². The Bertz CT molecular complexity index is 1730. The van der Waals surface area contributed by atoms with Crippen molar-refractivity contribution in [2.45, 2.75) is 26.3 Å². The first-order chi connectivity index (χ1) is 21.0. The van der Waals surface area contributed by atoms with Crippen LogP contribution in [0.1, 0.15) is 40.3 Å². The molecule has 0 N–H and O–H groups in total. The van der Waals surface area contributed by atoms with Crippen molar-refractivity contribution in [1.82, 2.24) is 24.6 Å². The van der Waals surface area contributed by atoms with Crippen molar-refractivity contribution in [2.75, 3.05) is 26.7 Å². The Hall–Kier alpha value is -4.76. The summed E-state index contributed by atoms with van der Waals surface area (Å²) in [6.45, 7) is 5.41. The number of piperazine rings is 1. The minimum atomic E-state index is -0.120. The molecule has 1 aliphatic rings. The minimum Gasteiger partial charge on any atom is -0.497 e. The van der Waals surface area contributed by atoms with E-state index in [4.69, 9.17) is 9.72 Å². The minimum absolute atomic E-state index is 0.0160. The van der Waals surface area contributed by atoms with Gasteiger partial charge in [-0.05, 0) is 60.9 Å². The lowest BCUT2D eigenvalue weighted by Gasteiger charge is -2.40. The number of hydrogen-bond donors (Lipinski definition) is 0. The lowest BCUT2D eigenvalue weighted by Crippen LogP contribution is -2.55. The van der Waals surface area contributed by atoms with Crippen molar-refractivity contribution in [1.29, 1.82) is 0 Å². The molecule has 1 unspecified atom stereocenters. The molecular weight excluding hydrogens is 558 g/mol. The van der Waals surface area contributed by atoms with Gasteiger partial charge >= 0.3 is 0 Å². The number of nitrogens with zero attached hydrogens (tertiary/aromatic N) is 5. The van der Waals surface area contributed by atoms with Crippen LogP contribution in [0.3, 0.4) is 0 Å². The first kappa shape index (κ1) is 28.4. The van der Waals surface area contributed by atoms with Gasteiger partial charge in [-0.15, -0.1) is 11.3 Å². The fourth-order valence-corrected chi connectivity index (χ4v) is 6.34. The molecule has 2 aromatic heterocycles. The molecule has 6 rings (SSSR count). The smallest absolute Gasteiger partial charge is 0.257 e. The molecule has 2 amide bonds. The van der Waals surface area contributed by atoms with E-state index in [1.165, 1.54) is 11.3 Å². The van der Waals surface area contributed by atoms with E-state index < -0.39 is 0 Å². The zero-order valence-corrected chi connectivity index (χ0v) is 25.3. The average Bonchev–Trinajstić information content (AvgIpc) is 3.72. The summed E-state index contributed by atoms with van der Waals surface area (Å²) in [7, 11) is 1.64. The number of amides is 2. The molecule has 1 atom stereocenters. The van der Waals surface area contributed by atoms with E-state index in [0.29, 0.717) is 42.3 Å². The van der Waals surface area contributed by atoms with Gasteiger partial charge in [0.1, 0.15) is 5.75 Å². The Kier molecular flexibility index (Phi) is 8.07. The maximum Gasteiger partial charge on any atom is 0.257 e. The monoisotopic (exact) mass is 591 g/mol. The van der Waals surface area contributed by atoms with E-state index in [1.807, 2.05) is 95.8 Å². The van der Waals surface area contributed by atoms with Crippen molar-refractivity contribution >= 4 is 23.2 Å². The molecule has 43 heavy (non-hydrogen) atoms. The second kappa shape index (κ2) is 12.2. The number of benzene rings is 3. The molecule has 0 aliphatic carbocycles. The van der Waals surface area contributed by atoms with Crippen molar-refractivity contribution in [2.24, 2.45) is 0 Å². The number of aromatic nitrogens is 3. The van der Waals surface area contributed by atoms with E-state index >= 15 is 0 Å². The lowest BCUT2D eigenvalue weighted by atomic mass is 10.0. The Morgan fingerprint density at radius 2 is 1.60 bits per heavy atom. The molecule has 9 heteroatoms. The predicted molar refractivity (Wildman–Crippen MR) is 169 cm³/mol.